The molecule has 3 rings (SSSR count). The van der Waals surface area contributed by atoms with Gasteiger partial charge in [0.15, 0.2) is 0 Å². The lowest BCUT2D eigenvalue weighted by Gasteiger charge is -2.28. The van der Waals surface area contributed by atoms with Crippen LogP contribution in [-0.4, -0.2) is 23.5 Å². The normalized spacial score (nSPS) is 15.7. The van der Waals surface area contributed by atoms with Gasteiger partial charge in [-0.05, 0) is 24.6 Å². The Morgan fingerprint density at radius 3 is 2.77 bits per heavy atom. The molecule has 0 aliphatic carbocycles. The van der Waals surface area contributed by atoms with Crippen LogP contribution in [0, 0.1) is 0 Å². The number of ether oxygens (including phenoxy) is 3. The van der Waals surface area contributed by atoms with Crippen LogP contribution in [0.3, 0.4) is 0 Å². The van der Waals surface area contributed by atoms with Gasteiger partial charge >= 0.3 is 11.9 Å². The fraction of sp³-hybridized carbons (Fsp3) is 0.211. The molecule has 1 aromatic heterocycles. The van der Waals surface area contributed by atoms with Gasteiger partial charge < -0.3 is 19.9 Å². The highest BCUT2D eigenvalue weighted by atomic mass is 16.5. The third-order valence-corrected chi connectivity index (χ3v) is 3.84. The summed E-state index contributed by atoms with van der Waals surface area (Å²) >= 11 is 0. The lowest BCUT2D eigenvalue weighted by atomic mass is 9.83. The number of benzene rings is 1. The topological polar surface area (TPSA) is 101 Å². The van der Waals surface area contributed by atoms with E-state index in [1.54, 1.807) is 43.6 Å². The molecule has 7 nitrogen and oxygen atoms in total. The van der Waals surface area contributed by atoms with Crippen LogP contribution in [0.5, 0.6) is 11.5 Å². The van der Waals surface area contributed by atoms with Gasteiger partial charge in [0.2, 0.25) is 5.88 Å². The van der Waals surface area contributed by atoms with Gasteiger partial charge in [0.25, 0.3) is 0 Å². The molecular weight excluding hydrogens is 336 g/mol. The Morgan fingerprint density at radius 1 is 1.31 bits per heavy atom. The van der Waals surface area contributed by atoms with Crippen molar-refractivity contribution in [3.05, 3.63) is 65.3 Å². The Balaban J connectivity index is 2.12. The van der Waals surface area contributed by atoms with Crippen molar-refractivity contribution in [1.82, 2.24) is 4.98 Å². The minimum Gasteiger partial charge on any atom is -0.462 e. The van der Waals surface area contributed by atoms with E-state index in [9.17, 15) is 9.59 Å². The molecule has 7 heteroatoms. The van der Waals surface area contributed by atoms with E-state index in [0.717, 1.165) is 5.56 Å². The Labute approximate surface area is 150 Å². The number of nitrogens with zero attached hydrogens (tertiary/aromatic N) is 1. The van der Waals surface area contributed by atoms with Crippen molar-refractivity contribution in [2.75, 3.05) is 6.61 Å². The second-order valence-electron chi connectivity index (χ2n) is 5.61. The van der Waals surface area contributed by atoms with E-state index in [0.29, 0.717) is 17.1 Å². The van der Waals surface area contributed by atoms with Crippen LogP contribution < -0.4 is 15.2 Å². The number of hydrogen-bond acceptors (Lipinski definition) is 7. The van der Waals surface area contributed by atoms with Crippen molar-refractivity contribution < 1.29 is 23.8 Å². The number of pyridine rings is 1. The Kier molecular flexibility index (Phi) is 4.88. The maximum Gasteiger partial charge on any atom is 0.340 e. The summed E-state index contributed by atoms with van der Waals surface area (Å²) in [5.41, 5.74) is 7.71. The first-order valence-electron chi connectivity index (χ1n) is 8.08. The second kappa shape index (κ2) is 7.26. The molecule has 134 valence electrons. The highest BCUT2D eigenvalue weighted by Gasteiger charge is 2.35. The zero-order valence-electron chi connectivity index (χ0n) is 14.4. The monoisotopic (exact) mass is 354 g/mol. The van der Waals surface area contributed by atoms with Gasteiger partial charge in [0, 0.05) is 30.9 Å². The predicted molar refractivity (Wildman–Crippen MR) is 92.3 cm³/mol. The Hall–Kier alpha value is -3.35. The first-order chi connectivity index (χ1) is 12.5. The molecule has 2 heterocycles. The molecule has 0 spiro atoms. The van der Waals surface area contributed by atoms with Crippen LogP contribution in [0.1, 0.15) is 30.9 Å². The largest absolute Gasteiger partial charge is 0.462 e. The van der Waals surface area contributed by atoms with E-state index < -0.39 is 17.9 Å². The smallest absolute Gasteiger partial charge is 0.340 e. The summed E-state index contributed by atoms with van der Waals surface area (Å²) < 4.78 is 15.9. The molecule has 0 saturated carbocycles. The molecule has 0 fully saturated rings. The van der Waals surface area contributed by atoms with Crippen LogP contribution >= 0.6 is 0 Å². The van der Waals surface area contributed by atoms with Crippen LogP contribution in [0.25, 0.3) is 0 Å². The molecule has 1 aliphatic heterocycles. The van der Waals surface area contributed by atoms with Gasteiger partial charge in [-0.1, -0.05) is 12.1 Å². The standard InChI is InChI=1S/C19H18N2O5/c1-3-24-19(23)17-16(12-5-4-8-21-10-12)14-7-6-13(25-11(2)22)9-15(14)26-18(17)20/h4-10,16H,3,20H2,1-2H3. The molecule has 2 N–H and O–H groups in total. The summed E-state index contributed by atoms with van der Waals surface area (Å²) in [7, 11) is 0. The summed E-state index contributed by atoms with van der Waals surface area (Å²) in [6.45, 7) is 3.25. The molecule has 2 aromatic rings. The average Bonchev–Trinajstić information content (AvgIpc) is 2.60. The highest BCUT2D eigenvalue weighted by molar-refractivity contribution is 5.92. The van der Waals surface area contributed by atoms with Crippen LogP contribution in [0.4, 0.5) is 0 Å². The molecule has 1 unspecified atom stereocenters. The predicted octanol–water partition coefficient (Wildman–Crippen LogP) is 2.26. The van der Waals surface area contributed by atoms with Crippen LogP contribution in [0.15, 0.2) is 54.2 Å². The third-order valence-electron chi connectivity index (χ3n) is 3.84. The van der Waals surface area contributed by atoms with Crippen molar-refractivity contribution in [1.29, 1.82) is 0 Å². The maximum atomic E-state index is 12.5. The Morgan fingerprint density at radius 2 is 2.12 bits per heavy atom. The fourth-order valence-corrected chi connectivity index (χ4v) is 2.86. The van der Waals surface area contributed by atoms with Gasteiger partial charge in [-0.2, -0.15) is 0 Å². The molecular formula is C19H18N2O5. The quantitative estimate of drug-likeness (QED) is 0.664. The summed E-state index contributed by atoms with van der Waals surface area (Å²) in [5, 5.41) is 0. The fourth-order valence-electron chi connectivity index (χ4n) is 2.86. The minimum absolute atomic E-state index is 0.0511. The van der Waals surface area contributed by atoms with Gasteiger partial charge in [-0.15, -0.1) is 0 Å². The first-order valence-corrected chi connectivity index (χ1v) is 8.08. The van der Waals surface area contributed by atoms with Crippen LogP contribution in [0.2, 0.25) is 0 Å². The summed E-state index contributed by atoms with van der Waals surface area (Å²) in [4.78, 5) is 27.8. The lowest BCUT2D eigenvalue weighted by Crippen LogP contribution is -2.27. The van der Waals surface area contributed by atoms with Crippen molar-refractivity contribution in [2.45, 2.75) is 19.8 Å². The van der Waals surface area contributed by atoms with Crippen molar-refractivity contribution >= 4 is 11.9 Å². The first kappa shape index (κ1) is 17.5. The van der Waals surface area contributed by atoms with Crippen molar-refractivity contribution in [3.63, 3.8) is 0 Å². The van der Waals surface area contributed by atoms with Gasteiger partial charge in [-0.3, -0.25) is 9.78 Å². The molecule has 1 aromatic carbocycles. The number of rotatable bonds is 4. The molecule has 0 amide bonds. The van der Waals surface area contributed by atoms with Crippen molar-refractivity contribution in [3.8, 4) is 11.5 Å². The summed E-state index contributed by atoms with van der Waals surface area (Å²) in [5.74, 6) is -0.812. The number of aromatic nitrogens is 1. The third kappa shape index (κ3) is 3.37. The average molecular weight is 354 g/mol. The number of carbonyl (C=O) groups excluding carboxylic acids is 2. The number of esters is 2. The van der Waals surface area contributed by atoms with Gasteiger partial charge in [0.05, 0.1) is 12.5 Å². The molecule has 0 radical (unpaired) electrons. The highest BCUT2D eigenvalue weighted by Crippen LogP contribution is 2.43. The SMILES string of the molecule is CCOC(=O)C1=C(N)Oc2cc(OC(C)=O)ccc2C1c1cccnc1. The lowest BCUT2D eigenvalue weighted by molar-refractivity contribution is -0.139. The number of carbonyl (C=O) groups is 2. The van der Waals surface area contributed by atoms with Crippen LogP contribution in [-0.2, 0) is 14.3 Å². The number of fused-ring (bicyclic) bond motifs is 1. The maximum absolute atomic E-state index is 12.5. The van der Waals surface area contributed by atoms with E-state index >= 15 is 0 Å². The number of hydrogen-bond donors (Lipinski definition) is 1. The molecule has 26 heavy (non-hydrogen) atoms. The summed E-state index contributed by atoms with van der Waals surface area (Å²) in [6, 6.07) is 8.55. The van der Waals surface area contributed by atoms with E-state index in [1.807, 2.05) is 6.07 Å². The van der Waals surface area contributed by atoms with E-state index in [1.165, 1.54) is 6.92 Å². The molecule has 1 aliphatic rings. The van der Waals surface area contributed by atoms with E-state index in [2.05, 4.69) is 4.98 Å². The molecule has 0 saturated heterocycles. The minimum atomic E-state index is -0.548. The van der Waals surface area contributed by atoms with E-state index in [4.69, 9.17) is 19.9 Å². The van der Waals surface area contributed by atoms with Crippen molar-refractivity contribution in [2.24, 2.45) is 5.73 Å². The molecule has 1 atom stereocenters. The van der Waals surface area contributed by atoms with Gasteiger partial charge in [-0.25, -0.2) is 4.79 Å². The molecule has 0 bridgehead atoms. The Bertz CT molecular complexity index is 877. The zero-order valence-corrected chi connectivity index (χ0v) is 14.4. The van der Waals surface area contributed by atoms with E-state index in [-0.39, 0.29) is 18.1 Å². The summed E-state index contributed by atoms with van der Waals surface area (Å²) in [6.07, 6.45) is 3.30. The zero-order chi connectivity index (χ0) is 18.7. The second-order valence-corrected chi connectivity index (χ2v) is 5.61. The number of nitrogens with two attached hydrogens (primary N) is 1. The van der Waals surface area contributed by atoms with Gasteiger partial charge in [0.1, 0.15) is 17.1 Å².